The van der Waals surface area contributed by atoms with E-state index in [1.54, 1.807) is 13.8 Å². The first kappa shape index (κ1) is 16.6. The van der Waals surface area contributed by atoms with Gasteiger partial charge in [0.25, 0.3) is 0 Å². The molecule has 1 aliphatic heterocycles. The normalized spacial score (nSPS) is 17.6. The summed E-state index contributed by atoms with van der Waals surface area (Å²) in [5.74, 6) is -1.02. The zero-order chi connectivity index (χ0) is 16.9. The minimum atomic E-state index is -5.81. The van der Waals surface area contributed by atoms with Gasteiger partial charge in [-0.2, -0.15) is 21.6 Å². The molecule has 122 valence electrons. The van der Waals surface area contributed by atoms with Crippen LogP contribution in [0.15, 0.2) is 12.1 Å². The van der Waals surface area contributed by atoms with Crippen molar-refractivity contribution in [1.29, 1.82) is 0 Å². The third kappa shape index (κ3) is 2.90. The molecule has 0 atom stereocenters. The Hall–Kier alpha value is -1.77. The van der Waals surface area contributed by atoms with Crippen LogP contribution in [0.5, 0.6) is 11.5 Å². The number of hydrogen-bond acceptors (Lipinski definition) is 5. The predicted octanol–water partition coefficient (Wildman–Crippen LogP) is 2.81. The molecule has 0 N–H and O–H groups in total. The average Bonchev–Trinajstić information content (AvgIpc) is 2.22. The molecule has 1 aromatic rings. The molecule has 2 rings (SSSR count). The highest BCUT2D eigenvalue weighted by Crippen LogP contribution is 2.46. The minimum Gasteiger partial charge on any atom is -0.426 e. The summed E-state index contributed by atoms with van der Waals surface area (Å²) in [6.45, 7) is 4.70. The highest BCUT2D eigenvalue weighted by Gasteiger charge is 2.49. The van der Waals surface area contributed by atoms with Crippen molar-refractivity contribution in [2.45, 2.75) is 38.1 Å². The molecule has 0 amide bonds. The fraction of sp³-hybridized carbons (Fsp3) is 0.462. The molecule has 0 saturated carbocycles. The van der Waals surface area contributed by atoms with Crippen LogP contribution in [0.3, 0.4) is 0 Å². The van der Waals surface area contributed by atoms with E-state index < -0.39 is 32.8 Å². The fourth-order valence-corrected chi connectivity index (χ4v) is 2.77. The van der Waals surface area contributed by atoms with Crippen LogP contribution in [-0.4, -0.2) is 19.9 Å². The molecule has 0 aromatic heterocycles. The third-order valence-electron chi connectivity index (χ3n) is 3.18. The summed E-state index contributed by atoms with van der Waals surface area (Å²) in [5, 5.41) is 0. The van der Waals surface area contributed by atoms with E-state index in [4.69, 9.17) is 4.74 Å². The largest absolute Gasteiger partial charge is 0.534 e. The SMILES string of the molecule is Cc1cc2c(c(OS(=O)(=O)C(F)(F)F)c1)C(C)(C)CC(=O)O2. The van der Waals surface area contributed by atoms with Crippen molar-refractivity contribution in [3.63, 3.8) is 0 Å². The van der Waals surface area contributed by atoms with Gasteiger partial charge in [0.2, 0.25) is 0 Å². The Labute approximate surface area is 125 Å². The van der Waals surface area contributed by atoms with E-state index in [-0.39, 0.29) is 17.7 Å². The van der Waals surface area contributed by atoms with Gasteiger partial charge in [-0.05, 0) is 24.6 Å². The van der Waals surface area contributed by atoms with Crippen LogP contribution in [0.4, 0.5) is 13.2 Å². The lowest BCUT2D eigenvalue weighted by atomic mass is 9.78. The van der Waals surface area contributed by atoms with E-state index in [0.717, 1.165) is 0 Å². The summed E-state index contributed by atoms with van der Waals surface area (Å²) in [7, 11) is -5.81. The van der Waals surface area contributed by atoms with Gasteiger partial charge in [-0.1, -0.05) is 13.8 Å². The van der Waals surface area contributed by atoms with Crippen LogP contribution in [0.2, 0.25) is 0 Å². The summed E-state index contributed by atoms with van der Waals surface area (Å²) in [5.41, 5.74) is -5.95. The van der Waals surface area contributed by atoms with Crippen LogP contribution in [0, 0.1) is 6.92 Å². The van der Waals surface area contributed by atoms with E-state index in [1.165, 1.54) is 19.1 Å². The lowest BCUT2D eigenvalue weighted by Gasteiger charge is -2.32. The number of hydrogen-bond donors (Lipinski definition) is 0. The monoisotopic (exact) mass is 338 g/mol. The fourth-order valence-electron chi connectivity index (χ4n) is 2.31. The molecule has 22 heavy (non-hydrogen) atoms. The third-order valence-corrected chi connectivity index (χ3v) is 4.15. The molecule has 0 aliphatic carbocycles. The number of benzene rings is 1. The molecule has 1 aliphatic rings. The van der Waals surface area contributed by atoms with Crippen molar-refractivity contribution in [1.82, 2.24) is 0 Å². The summed E-state index contributed by atoms with van der Waals surface area (Å²) in [6, 6.07) is 2.62. The molecule has 1 heterocycles. The van der Waals surface area contributed by atoms with Crippen LogP contribution in [0.25, 0.3) is 0 Å². The first-order chi connectivity index (χ1) is 9.83. The van der Waals surface area contributed by atoms with Gasteiger partial charge in [-0.25, -0.2) is 0 Å². The van der Waals surface area contributed by atoms with E-state index in [1.807, 2.05) is 0 Å². The van der Waals surface area contributed by atoms with Crippen LogP contribution < -0.4 is 8.92 Å². The highest BCUT2D eigenvalue weighted by atomic mass is 32.2. The van der Waals surface area contributed by atoms with Crippen LogP contribution in [0.1, 0.15) is 31.4 Å². The second-order valence-electron chi connectivity index (χ2n) is 5.65. The second kappa shape index (κ2) is 4.87. The van der Waals surface area contributed by atoms with E-state index >= 15 is 0 Å². The number of carbonyl (C=O) groups is 1. The smallest absolute Gasteiger partial charge is 0.426 e. The molecular weight excluding hydrogens is 325 g/mol. The number of carbonyl (C=O) groups excluding carboxylic acids is 1. The lowest BCUT2D eigenvalue weighted by molar-refractivity contribution is -0.137. The summed E-state index contributed by atoms with van der Waals surface area (Å²) in [6.07, 6.45) is -0.106. The first-order valence-corrected chi connectivity index (χ1v) is 7.61. The molecule has 0 unspecified atom stereocenters. The van der Waals surface area contributed by atoms with E-state index in [9.17, 15) is 26.4 Å². The van der Waals surface area contributed by atoms with Crippen molar-refractivity contribution in [2.24, 2.45) is 0 Å². The standard InChI is InChI=1S/C13H13F3O5S/c1-7-4-8-11(12(2,3)6-10(17)20-8)9(5-7)21-22(18,19)13(14,15)16/h4-5H,6H2,1-3H3. The Bertz CT molecular complexity index is 735. The van der Waals surface area contributed by atoms with Crippen molar-refractivity contribution >= 4 is 16.1 Å². The topological polar surface area (TPSA) is 69.7 Å². The molecule has 5 nitrogen and oxygen atoms in total. The Morgan fingerprint density at radius 3 is 2.41 bits per heavy atom. The van der Waals surface area contributed by atoms with Crippen molar-refractivity contribution in [2.75, 3.05) is 0 Å². The lowest BCUT2D eigenvalue weighted by Crippen LogP contribution is -2.33. The summed E-state index contributed by atoms with van der Waals surface area (Å²) in [4.78, 5) is 11.5. The molecule has 1 aromatic carbocycles. The number of aryl methyl sites for hydroxylation is 1. The number of alkyl halides is 3. The predicted molar refractivity (Wildman–Crippen MR) is 70.1 cm³/mol. The molecule has 0 radical (unpaired) electrons. The van der Waals surface area contributed by atoms with E-state index in [2.05, 4.69) is 4.18 Å². The van der Waals surface area contributed by atoms with Gasteiger partial charge in [0.1, 0.15) is 5.75 Å². The van der Waals surface area contributed by atoms with Gasteiger partial charge in [0, 0.05) is 11.0 Å². The Morgan fingerprint density at radius 1 is 1.27 bits per heavy atom. The summed E-state index contributed by atoms with van der Waals surface area (Å²) >= 11 is 0. The van der Waals surface area contributed by atoms with Crippen LogP contribution >= 0.6 is 0 Å². The Balaban J connectivity index is 2.62. The molecular formula is C13H13F3O5S. The van der Waals surface area contributed by atoms with Gasteiger partial charge in [0.05, 0.1) is 6.42 Å². The Kier molecular flexibility index (Phi) is 3.67. The minimum absolute atomic E-state index is 0.00799. The maximum atomic E-state index is 12.5. The molecule has 0 bridgehead atoms. The number of ether oxygens (including phenoxy) is 1. The molecule has 0 fully saturated rings. The van der Waals surface area contributed by atoms with Crippen LogP contribution in [-0.2, 0) is 20.3 Å². The number of rotatable bonds is 2. The molecule has 0 saturated heterocycles. The Morgan fingerprint density at radius 2 is 1.86 bits per heavy atom. The van der Waals surface area contributed by atoms with Crippen molar-refractivity contribution in [3.05, 3.63) is 23.3 Å². The maximum absolute atomic E-state index is 12.5. The highest BCUT2D eigenvalue weighted by molar-refractivity contribution is 7.88. The summed E-state index contributed by atoms with van der Waals surface area (Å²) < 4.78 is 69.3. The zero-order valence-corrected chi connectivity index (χ0v) is 12.8. The zero-order valence-electron chi connectivity index (χ0n) is 11.9. The number of halogens is 3. The van der Waals surface area contributed by atoms with Gasteiger partial charge < -0.3 is 8.92 Å². The van der Waals surface area contributed by atoms with Crippen molar-refractivity contribution in [3.8, 4) is 11.5 Å². The average molecular weight is 338 g/mol. The number of fused-ring (bicyclic) bond motifs is 1. The van der Waals surface area contributed by atoms with E-state index in [0.29, 0.717) is 5.56 Å². The maximum Gasteiger partial charge on any atom is 0.534 e. The quantitative estimate of drug-likeness (QED) is 0.359. The van der Waals surface area contributed by atoms with Gasteiger partial charge in [-0.3, -0.25) is 4.79 Å². The van der Waals surface area contributed by atoms with Crippen molar-refractivity contribution < 1.29 is 35.3 Å². The molecule has 9 heteroatoms. The van der Waals surface area contributed by atoms with Gasteiger partial charge in [0.15, 0.2) is 5.75 Å². The molecule has 0 spiro atoms. The van der Waals surface area contributed by atoms with Gasteiger partial charge in [-0.15, -0.1) is 0 Å². The van der Waals surface area contributed by atoms with Gasteiger partial charge >= 0.3 is 21.6 Å². The first-order valence-electron chi connectivity index (χ1n) is 6.20. The number of esters is 1. The second-order valence-corrected chi connectivity index (χ2v) is 7.19.